The lowest BCUT2D eigenvalue weighted by molar-refractivity contribution is 0.155. The summed E-state index contributed by atoms with van der Waals surface area (Å²) in [6.07, 6.45) is 1.19. The van der Waals surface area contributed by atoms with E-state index in [4.69, 9.17) is 0 Å². The van der Waals surface area contributed by atoms with E-state index in [1.165, 1.54) is 12.1 Å². The number of aliphatic hydroxyl groups excluding tert-OH is 1. The Kier molecular flexibility index (Phi) is 4.05. The van der Waals surface area contributed by atoms with Gasteiger partial charge in [-0.25, -0.2) is 17.5 Å². The molecular formula is C11H13BrFNO3S. The van der Waals surface area contributed by atoms with Gasteiger partial charge in [0.1, 0.15) is 5.82 Å². The van der Waals surface area contributed by atoms with Gasteiger partial charge in [0.15, 0.2) is 0 Å². The summed E-state index contributed by atoms with van der Waals surface area (Å²) in [6.45, 7) is -0.0370. The SMILES string of the molecule is O=S(=O)(NCC(O)C1CC1)c1ccc(Br)c(F)c1. The largest absolute Gasteiger partial charge is 0.391 e. The van der Waals surface area contributed by atoms with Crippen molar-refractivity contribution in [1.82, 2.24) is 4.72 Å². The maximum Gasteiger partial charge on any atom is 0.240 e. The highest BCUT2D eigenvalue weighted by molar-refractivity contribution is 9.10. The Morgan fingerprint density at radius 1 is 1.50 bits per heavy atom. The number of aliphatic hydroxyl groups is 1. The minimum atomic E-state index is -3.77. The third-order valence-corrected chi connectivity index (χ3v) is 4.91. The minimum Gasteiger partial charge on any atom is -0.391 e. The predicted molar refractivity (Wildman–Crippen MR) is 68.0 cm³/mol. The van der Waals surface area contributed by atoms with Crippen LogP contribution in [0.3, 0.4) is 0 Å². The zero-order chi connectivity index (χ0) is 13.3. The lowest BCUT2D eigenvalue weighted by Crippen LogP contribution is -2.33. The molecule has 7 heteroatoms. The Labute approximate surface area is 113 Å². The molecule has 0 bridgehead atoms. The summed E-state index contributed by atoms with van der Waals surface area (Å²) in [7, 11) is -3.77. The van der Waals surface area contributed by atoms with Gasteiger partial charge in [-0.3, -0.25) is 0 Å². The van der Waals surface area contributed by atoms with E-state index in [1.807, 2.05) is 0 Å². The van der Waals surface area contributed by atoms with Gasteiger partial charge in [0, 0.05) is 6.54 Å². The van der Waals surface area contributed by atoms with Gasteiger partial charge in [0.25, 0.3) is 0 Å². The van der Waals surface area contributed by atoms with Crippen molar-refractivity contribution in [2.75, 3.05) is 6.54 Å². The van der Waals surface area contributed by atoms with Crippen molar-refractivity contribution in [3.63, 3.8) is 0 Å². The standard InChI is InChI=1S/C11H13BrFNO3S/c12-9-4-3-8(5-10(9)13)18(16,17)14-6-11(15)7-1-2-7/h3-5,7,11,14-15H,1-2,6H2. The van der Waals surface area contributed by atoms with Gasteiger partial charge < -0.3 is 5.11 Å². The van der Waals surface area contributed by atoms with Crippen molar-refractivity contribution < 1.29 is 17.9 Å². The van der Waals surface area contributed by atoms with E-state index in [0.717, 1.165) is 18.9 Å². The van der Waals surface area contributed by atoms with Crippen molar-refractivity contribution in [3.05, 3.63) is 28.5 Å². The topological polar surface area (TPSA) is 66.4 Å². The van der Waals surface area contributed by atoms with Crippen LogP contribution >= 0.6 is 15.9 Å². The average molecular weight is 338 g/mol. The van der Waals surface area contributed by atoms with E-state index in [9.17, 15) is 17.9 Å². The van der Waals surface area contributed by atoms with Crippen LogP contribution in [0.15, 0.2) is 27.6 Å². The second-order valence-electron chi connectivity index (χ2n) is 4.33. The fourth-order valence-corrected chi connectivity index (χ4v) is 2.88. The number of sulfonamides is 1. The number of nitrogens with one attached hydrogen (secondary N) is 1. The molecule has 1 aliphatic rings. The Morgan fingerprint density at radius 3 is 2.72 bits per heavy atom. The molecule has 0 spiro atoms. The van der Waals surface area contributed by atoms with Gasteiger partial charge in [-0.15, -0.1) is 0 Å². The van der Waals surface area contributed by atoms with Crippen LogP contribution in [0.4, 0.5) is 4.39 Å². The average Bonchev–Trinajstić information content (AvgIpc) is 3.13. The first-order valence-electron chi connectivity index (χ1n) is 5.53. The summed E-state index contributed by atoms with van der Waals surface area (Å²) in [4.78, 5) is -0.147. The molecule has 1 aromatic rings. The second-order valence-corrected chi connectivity index (χ2v) is 6.95. The number of benzene rings is 1. The van der Waals surface area contributed by atoms with E-state index in [-0.39, 0.29) is 21.8 Å². The summed E-state index contributed by atoms with van der Waals surface area (Å²) in [5, 5.41) is 9.59. The fraction of sp³-hybridized carbons (Fsp3) is 0.455. The van der Waals surface area contributed by atoms with Crippen molar-refractivity contribution in [2.24, 2.45) is 5.92 Å². The van der Waals surface area contributed by atoms with Crippen molar-refractivity contribution in [3.8, 4) is 0 Å². The van der Waals surface area contributed by atoms with E-state index in [2.05, 4.69) is 20.7 Å². The Bertz CT molecular complexity index is 545. The molecule has 1 unspecified atom stereocenters. The van der Waals surface area contributed by atoms with Crippen molar-refractivity contribution >= 4 is 26.0 Å². The lowest BCUT2D eigenvalue weighted by atomic mass is 10.2. The van der Waals surface area contributed by atoms with Crippen LogP contribution in [0, 0.1) is 11.7 Å². The van der Waals surface area contributed by atoms with E-state index < -0.39 is 21.9 Å². The summed E-state index contributed by atoms with van der Waals surface area (Å²) in [5.41, 5.74) is 0. The summed E-state index contributed by atoms with van der Waals surface area (Å²) in [6, 6.07) is 3.58. The molecule has 0 aliphatic heterocycles. The Balaban J connectivity index is 2.07. The van der Waals surface area contributed by atoms with Crippen LogP contribution in [0.2, 0.25) is 0 Å². The lowest BCUT2D eigenvalue weighted by Gasteiger charge is -2.11. The van der Waals surface area contributed by atoms with Crippen LogP contribution in [-0.4, -0.2) is 26.2 Å². The smallest absolute Gasteiger partial charge is 0.240 e. The van der Waals surface area contributed by atoms with Crippen LogP contribution in [0.5, 0.6) is 0 Å². The zero-order valence-corrected chi connectivity index (χ0v) is 11.8. The molecule has 4 nitrogen and oxygen atoms in total. The molecule has 0 aromatic heterocycles. The summed E-state index contributed by atoms with van der Waals surface area (Å²) >= 11 is 2.96. The zero-order valence-electron chi connectivity index (χ0n) is 9.44. The van der Waals surface area contributed by atoms with Crippen molar-refractivity contribution in [1.29, 1.82) is 0 Å². The van der Waals surface area contributed by atoms with Crippen molar-refractivity contribution in [2.45, 2.75) is 23.8 Å². The van der Waals surface area contributed by atoms with Crippen LogP contribution in [0.25, 0.3) is 0 Å². The molecule has 2 rings (SSSR count). The number of halogens is 2. The summed E-state index contributed by atoms with van der Waals surface area (Å²) in [5.74, 6) is -0.449. The van der Waals surface area contributed by atoms with Crippen LogP contribution < -0.4 is 4.72 Å². The summed E-state index contributed by atoms with van der Waals surface area (Å²) < 4.78 is 39.4. The third-order valence-electron chi connectivity index (χ3n) is 2.85. The van der Waals surface area contributed by atoms with Crippen LogP contribution in [-0.2, 0) is 10.0 Å². The Hall–Kier alpha value is -0.500. The van der Waals surface area contributed by atoms with Crippen LogP contribution in [0.1, 0.15) is 12.8 Å². The molecule has 100 valence electrons. The molecule has 1 fully saturated rings. The predicted octanol–water partition coefficient (Wildman–Crippen LogP) is 1.64. The van der Waals surface area contributed by atoms with E-state index in [1.54, 1.807) is 0 Å². The third kappa shape index (κ3) is 3.28. The highest BCUT2D eigenvalue weighted by Gasteiger charge is 2.30. The number of hydrogen-bond acceptors (Lipinski definition) is 3. The quantitative estimate of drug-likeness (QED) is 0.858. The van der Waals surface area contributed by atoms with E-state index >= 15 is 0 Å². The molecule has 2 N–H and O–H groups in total. The number of rotatable bonds is 5. The highest BCUT2D eigenvalue weighted by atomic mass is 79.9. The molecular weight excluding hydrogens is 325 g/mol. The van der Waals surface area contributed by atoms with Gasteiger partial charge >= 0.3 is 0 Å². The van der Waals surface area contributed by atoms with Gasteiger partial charge in [0.2, 0.25) is 10.0 Å². The molecule has 1 aliphatic carbocycles. The first-order valence-corrected chi connectivity index (χ1v) is 7.80. The molecule has 1 saturated carbocycles. The van der Waals surface area contributed by atoms with Gasteiger partial charge in [0.05, 0.1) is 15.5 Å². The second kappa shape index (κ2) is 5.24. The molecule has 18 heavy (non-hydrogen) atoms. The highest BCUT2D eigenvalue weighted by Crippen LogP contribution is 2.32. The van der Waals surface area contributed by atoms with E-state index in [0.29, 0.717) is 0 Å². The molecule has 0 amide bonds. The monoisotopic (exact) mass is 337 g/mol. The molecule has 1 aromatic carbocycles. The Morgan fingerprint density at radius 2 is 2.17 bits per heavy atom. The first-order chi connectivity index (χ1) is 8.40. The molecule has 0 saturated heterocycles. The van der Waals surface area contributed by atoms with Gasteiger partial charge in [-0.05, 0) is 52.9 Å². The molecule has 1 atom stereocenters. The maximum atomic E-state index is 13.3. The minimum absolute atomic E-state index is 0.0370. The van der Waals surface area contributed by atoms with Gasteiger partial charge in [-0.2, -0.15) is 0 Å². The normalized spacial score (nSPS) is 17.7. The maximum absolute atomic E-state index is 13.3. The molecule has 0 radical (unpaired) electrons. The fourth-order valence-electron chi connectivity index (χ4n) is 1.57. The number of hydrogen-bond donors (Lipinski definition) is 2. The first kappa shape index (κ1) is 13.9. The van der Waals surface area contributed by atoms with Gasteiger partial charge in [-0.1, -0.05) is 0 Å². The molecule has 0 heterocycles.